The molecule has 0 N–H and O–H groups in total. The third-order valence-corrected chi connectivity index (χ3v) is 6.34. The Morgan fingerprint density at radius 1 is 0.647 bits per heavy atom. The molecular formula is C30H50O4. The zero-order valence-corrected chi connectivity index (χ0v) is 22.0. The summed E-state index contributed by atoms with van der Waals surface area (Å²) in [5, 5.41) is 0. The van der Waals surface area contributed by atoms with Gasteiger partial charge in [0, 0.05) is 12.8 Å². The molecule has 194 valence electrons. The summed E-state index contributed by atoms with van der Waals surface area (Å²) in [7, 11) is 0. The largest absolute Gasteiger partial charge is 0.466 e. The van der Waals surface area contributed by atoms with Crippen LogP contribution in [-0.2, 0) is 19.1 Å². The number of hydrogen-bond acceptors (Lipinski definition) is 4. The molecule has 34 heavy (non-hydrogen) atoms. The van der Waals surface area contributed by atoms with Gasteiger partial charge >= 0.3 is 11.9 Å². The molecule has 0 aliphatic carbocycles. The monoisotopic (exact) mass is 474 g/mol. The highest BCUT2D eigenvalue weighted by atomic mass is 16.5. The summed E-state index contributed by atoms with van der Waals surface area (Å²) in [4.78, 5) is 24.0. The Labute approximate surface area is 209 Å². The van der Waals surface area contributed by atoms with E-state index in [0.717, 1.165) is 24.8 Å². The van der Waals surface area contributed by atoms with Crippen molar-refractivity contribution in [3.05, 3.63) is 35.9 Å². The molecular weight excluding hydrogens is 424 g/mol. The first-order chi connectivity index (χ1) is 16.7. The predicted molar refractivity (Wildman–Crippen MR) is 141 cm³/mol. The van der Waals surface area contributed by atoms with Crippen molar-refractivity contribution in [2.45, 2.75) is 136 Å². The van der Waals surface area contributed by atoms with Crippen molar-refractivity contribution < 1.29 is 19.1 Å². The molecule has 1 aromatic carbocycles. The minimum absolute atomic E-state index is 0.211. The lowest BCUT2D eigenvalue weighted by Gasteiger charge is -2.16. The predicted octanol–water partition coefficient (Wildman–Crippen LogP) is 8.88. The number of hydrogen-bond donors (Lipinski definition) is 0. The third-order valence-electron chi connectivity index (χ3n) is 6.34. The average molecular weight is 475 g/mol. The first-order valence-electron chi connectivity index (χ1n) is 14.1. The van der Waals surface area contributed by atoms with Crippen LogP contribution in [0.3, 0.4) is 0 Å². The van der Waals surface area contributed by atoms with Gasteiger partial charge in [0.1, 0.15) is 6.10 Å². The van der Waals surface area contributed by atoms with Gasteiger partial charge in [0.25, 0.3) is 0 Å². The van der Waals surface area contributed by atoms with Crippen LogP contribution in [0.25, 0.3) is 0 Å². The fourth-order valence-corrected chi connectivity index (χ4v) is 4.20. The first-order valence-corrected chi connectivity index (χ1v) is 14.1. The normalized spacial score (nSPS) is 11.8. The second-order valence-electron chi connectivity index (χ2n) is 9.47. The summed E-state index contributed by atoms with van der Waals surface area (Å²) in [6.07, 6.45) is 19.9. The molecule has 4 nitrogen and oxygen atoms in total. The summed E-state index contributed by atoms with van der Waals surface area (Å²) < 4.78 is 10.9. The summed E-state index contributed by atoms with van der Waals surface area (Å²) in [6.45, 7) is 4.76. The van der Waals surface area contributed by atoms with Gasteiger partial charge in [-0.1, -0.05) is 128 Å². The molecule has 0 amide bonds. The molecule has 0 fully saturated rings. The number of rotatable bonds is 22. The number of unbranched alkanes of at least 4 members (excludes halogenated alkanes) is 13. The van der Waals surface area contributed by atoms with E-state index in [2.05, 4.69) is 6.92 Å². The molecule has 0 bridgehead atoms. The third kappa shape index (κ3) is 16.7. The van der Waals surface area contributed by atoms with Crippen molar-refractivity contribution in [3.63, 3.8) is 0 Å². The molecule has 0 spiro atoms. The Hall–Kier alpha value is -1.84. The van der Waals surface area contributed by atoms with E-state index in [4.69, 9.17) is 9.47 Å². The highest BCUT2D eigenvalue weighted by Gasteiger charge is 2.15. The van der Waals surface area contributed by atoms with Gasteiger partial charge in [-0.15, -0.1) is 0 Å². The van der Waals surface area contributed by atoms with Crippen molar-refractivity contribution in [2.75, 3.05) is 6.61 Å². The van der Waals surface area contributed by atoms with Crippen LogP contribution in [0, 0.1) is 0 Å². The second-order valence-corrected chi connectivity index (χ2v) is 9.47. The number of carbonyl (C=O) groups excluding carboxylic acids is 2. The Bertz CT molecular complexity index is 613. The minimum atomic E-state index is -0.254. The SMILES string of the molecule is CCCCCCCCCCCCCCCCOC(=O)CCCC(=O)OC(CC)c1ccccc1. The van der Waals surface area contributed by atoms with E-state index in [1.54, 1.807) is 0 Å². The van der Waals surface area contributed by atoms with E-state index in [0.29, 0.717) is 13.0 Å². The average Bonchev–Trinajstić information content (AvgIpc) is 2.85. The van der Waals surface area contributed by atoms with E-state index >= 15 is 0 Å². The Morgan fingerprint density at radius 2 is 1.15 bits per heavy atom. The van der Waals surface area contributed by atoms with Crippen molar-refractivity contribution in [3.8, 4) is 0 Å². The fraction of sp³-hybridized carbons (Fsp3) is 0.733. The van der Waals surface area contributed by atoms with Crippen molar-refractivity contribution >= 4 is 11.9 Å². The molecule has 0 radical (unpaired) electrons. The van der Waals surface area contributed by atoms with Gasteiger partial charge in [-0.25, -0.2) is 0 Å². The van der Waals surface area contributed by atoms with E-state index in [-0.39, 0.29) is 30.9 Å². The van der Waals surface area contributed by atoms with E-state index in [9.17, 15) is 9.59 Å². The highest BCUT2D eigenvalue weighted by molar-refractivity contribution is 5.72. The second kappa shape index (κ2) is 21.7. The summed E-state index contributed by atoms with van der Waals surface area (Å²) in [5.41, 5.74) is 1.01. The molecule has 0 saturated carbocycles. The highest BCUT2D eigenvalue weighted by Crippen LogP contribution is 2.21. The Morgan fingerprint density at radius 3 is 1.68 bits per heavy atom. The van der Waals surface area contributed by atoms with Gasteiger partial charge < -0.3 is 9.47 Å². The number of benzene rings is 1. The van der Waals surface area contributed by atoms with Crippen LogP contribution in [0.15, 0.2) is 30.3 Å². The lowest BCUT2D eigenvalue weighted by atomic mass is 10.0. The maximum Gasteiger partial charge on any atom is 0.306 e. The maximum absolute atomic E-state index is 12.1. The Balaban J connectivity index is 1.89. The summed E-state index contributed by atoms with van der Waals surface area (Å²) in [5.74, 6) is -0.465. The van der Waals surface area contributed by atoms with E-state index in [1.165, 1.54) is 77.0 Å². The smallest absolute Gasteiger partial charge is 0.306 e. The number of carbonyl (C=O) groups is 2. The van der Waals surface area contributed by atoms with Crippen LogP contribution in [0.5, 0.6) is 0 Å². The van der Waals surface area contributed by atoms with Crippen LogP contribution >= 0.6 is 0 Å². The molecule has 1 atom stereocenters. The topological polar surface area (TPSA) is 52.6 Å². The number of esters is 2. The molecule has 0 heterocycles. The quantitative estimate of drug-likeness (QED) is 0.124. The molecule has 0 saturated heterocycles. The number of ether oxygens (including phenoxy) is 2. The van der Waals surface area contributed by atoms with Gasteiger partial charge in [-0.3, -0.25) is 9.59 Å². The molecule has 0 aromatic heterocycles. The van der Waals surface area contributed by atoms with E-state index in [1.807, 2.05) is 37.3 Å². The van der Waals surface area contributed by atoms with Crippen molar-refractivity contribution in [2.24, 2.45) is 0 Å². The molecule has 1 unspecified atom stereocenters. The zero-order chi connectivity index (χ0) is 24.7. The summed E-state index contributed by atoms with van der Waals surface area (Å²) in [6, 6.07) is 9.77. The van der Waals surface area contributed by atoms with Crippen LogP contribution in [0.4, 0.5) is 0 Å². The van der Waals surface area contributed by atoms with Gasteiger partial charge in [0.05, 0.1) is 6.61 Å². The summed E-state index contributed by atoms with van der Waals surface area (Å²) >= 11 is 0. The van der Waals surface area contributed by atoms with Crippen molar-refractivity contribution in [1.29, 1.82) is 0 Å². The van der Waals surface area contributed by atoms with Gasteiger partial charge in [0.2, 0.25) is 0 Å². The van der Waals surface area contributed by atoms with Crippen LogP contribution in [-0.4, -0.2) is 18.5 Å². The molecule has 1 rings (SSSR count). The van der Waals surface area contributed by atoms with Crippen LogP contribution in [0.1, 0.15) is 141 Å². The minimum Gasteiger partial charge on any atom is -0.466 e. The molecule has 0 aliphatic heterocycles. The van der Waals surface area contributed by atoms with Crippen molar-refractivity contribution in [1.82, 2.24) is 0 Å². The molecule has 4 heteroatoms. The lowest BCUT2D eigenvalue weighted by Crippen LogP contribution is -2.12. The zero-order valence-electron chi connectivity index (χ0n) is 22.0. The lowest BCUT2D eigenvalue weighted by molar-refractivity contribution is -0.150. The fourth-order valence-electron chi connectivity index (χ4n) is 4.20. The van der Waals surface area contributed by atoms with Gasteiger partial charge in [0.15, 0.2) is 0 Å². The van der Waals surface area contributed by atoms with Crippen LogP contribution < -0.4 is 0 Å². The molecule has 1 aromatic rings. The first kappa shape index (κ1) is 30.2. The Kier molecular flexibility index (Phi) is 19.2. The van der Waals surface area contributed by atoms with E-state index < -0.39 is 0 Å². The standard InChI is InChI=1S/C30H50O4/c1-3-5-6-7-8-9-10-11-12-13-14-15-16-20-26-33-29(31)24-21-25-30(32)34-28(4-2)27-22-18-17-19-23-27/h17-19,22-23,28H,3-16,20-21,24-26H2,1-2H3. The maximum atomic E-state index is 12.1. The van der Waals surface area contributed by atoms with Gasteiger partial charge in [-0.2, -0.15) is 0 Å². The molecule has 0 aliphatic rings. The van der Waals surface area contributed by atoms with Gasteiger partial charge in [-0.05, 0) is 24.8 Å². The van der Waals surface area contributed by atoms with Crippen LogP contribution in [0.2, 0.25) is 0 Å².